The molecule has 2 aromatic rings. The molecular weight excluding hydrogens is 496 g/mol. The van der Waals surface area contributed by atoms with Crippen LogP contribution in [-0.4, -0.2) is 85.3 Å². The predicted octanol–water partition coefficient (Wildman–Crippen LogP) is 1.78. The van der Waals surface area contributed by atoms with E-state index in [1.807, 2.05) is 24.3 Å². The lowest BCUT2D eigenvalue weighted by Gasteiger charge is -2.39. The highest BCUT2D eigenvalue weighted by Gasteiger charge is 2.35. The third-order valence-corrected chi connectivity index (χ3v) is 6.69. The van der Waals surface area contributed by atoms with Crippen molar-refractivity contribution in [1.82, 2.24) is 15.1 Å². The van der Waals surface area contributed by atoms with Gasteiger partial charge < -0.3 is 25.8 Å². The summed E-state index contributed by atoms with van der Waals surface area (Å²) in [7, 11) is 0. The highest BCUT2D eigenvalue weighted by molar-refractivity contribution is 6.30. The first kappa shape index (κ1) is 26.4. The van der Waals surface area contributed by atoms with Crippen molar-refractivity contribution in [1.29, 1.82) is 0 Å². The smallest absolute Gasteiger partial charge is 0.243 e. The Hall–Kier alpha value is -3.63. The highest BCUT2D eigenvalue weighted by atomic mass is 35.5. The molecule has 2 heterocycles. The third-order valence-electron chi connectivity index (χ3n) is 6.44. The minimum Gasteiger partial charge on any atom is -0.369 e. The van der Waals surface area contributed by atoms with Gasteiger partial charge in [-0.2, -0.15) is 0 Å². The number of carbonyl (C=O) groups is 4. The van der Waals surface area contributed by atoms with E-state index in [-0.39, 0.29) is 36.6 Å². The molecule has 4 amide bonds. The van der Waals surface area contributed by atoms with E-state index in [9.17, 15) is 19.2 Å². The minimum atomic E-state index is -0.866. The van der Waals surface area contributed by atoms with Crippen molar-refractivity contribution in [2.75, 3.05) is 61.3 Å². The van der Waals surface area contributed by atoms with E-state index in [1.165, 1.54) is 11.8 Å². The molecule has 0 unspecified atom stereocenters. The van der Waals surface area contributed by atoms with E-state index in [4.69, 9.17) is 11.6 Å². The summed E-state index contributed by atoms with van der Waals surface area (Å²) >= 11 is 5.98. The number of nitrogens with zero attached hydrogens (tertiary/aromatic N) is 3. The van der Waals surface area contributed by atoms with Crippen LogP contribution in [0.2, 0.25) is 5.02 Å². The fourth-order valence-corrected chi connectivity index (χ4v) is 4.67. The first-order chi connectivity index (χ1) is 17.8. The number of anilines is 3. The lowest BCUT2D eigenvalue weighted by molar-refractivity contribution is -0.145. The Morgan fingerprint density at radius 2 is 1.54 bits per heavy atom. The highest BCUT2D eigenvalue weighted by Crippen LogP contribution is 2.20. The fourth-order valence-electron chi connectivity index (χ4n) is 4.54. The molecule has 1 atom stereocenters. The molecule has 0 aromatic heterocycles. The molecule has 0 radical (unpaired) electrons. The zero-order valence-corrected chi connectivity index (χ0v) is 21.5. The van der Waals surface area contributed by atoms with Crippen LogP contribution in [0.3, 0.4) is 0 Å². The van der Waals surface area contributed by atoms with Gasteiger partial charge in [-0.05, 0) is 48.5 Å². The SMILES string of the molecule is CC(=O)Nc1ccc(NC(=O)C[C@@H]2C(=O)NCCN2C(=O)CN2CCN(c3ccc(Cl)cc3)CC2)cc1. The van der Waals surface area contributed by atoms with Gasteiger partial charge in [0, 0.05) is 68.3 Å². The molecule has 37 heavy (non-hydrogen) atoms. The van der Waals surface area contributed by atoms with Gasteiger partial charge in [0.15, 0.2) is 0 Å². The molecule has 2 fully saturated rings. The average Bonchev–Trinajstić information content (AvgIpc) is 2.87. The van der Waals surface area contributed by atoms with Crippen molar-refractivity contribution in [3.8, 4) is 0 Å². The van der Waals surface area contributed by atoms with Crippen LogP contribution in [0.25, 0.3) is 0 Å². The molecule has 3 N–H and O–H groups in total. The summed E-state index contributed by atoms with van der Waals surface area (Å²) in [5, 5.41) is 8.88. The van der Waals surface area contributed by atoms with Gasteiger partial charge in [-0.1, -0.05) is 11.6 Å². The van der Waals surface area contributed by atoms with Gasteiger partial charge in [0.25, 0.3) is 0 Å². The summed E-state index contributed by atoms with van der Waals surface area (Å²) in [6.07, 6.45) is -0.143. The third kappa shape index (κ3) is 7.21. The number of halogens is 1. The van der Waals surface area contributed by atoms with Crippen molar-refractivity contribution >= 4 is 52.3 Å². The number of carbonyl (C=O) groups excluding carboxylic acids is 4. The number of benzene rings is 2. The number of hydrogen-bond donors (Lipinski definition) is 3. The van der Waals surface area contributed by atoms with Crippen LogP contribution in [-0.2, 0) is 19.2 Å². The van der Waals surface area contributed by atoms with Gasteiger partial charge in [-0.3, -0.25) is 24.1 Å². The van der Waals surface area contributed by atoms with Crippen LogP contribution in [0.15, 0.2) is 48.5 Å². The van der Waals surface area contributed by atoms with Crippen LogP contribution in [0.5, 0.6) is 0 Å². The second-order valence-corrected chi connectivity index (χ2v) is 9.58. The second kappa shape index (κ2) is 12.1. The van der Waals surface area contributed by atoms with Crippen LogP contribution >= 0.6 is 11.6 Å². The molecule has 2 aliphatic rings. The Balaban J connectivity index is 1.30. The molecule has 196 valence electrons. The molecule has 2 saturated heterocycles. The average molecular weight is 527 g/mol. The van der Waals surface area contributed by atoms with Crippen molar-refractivity contribution in [3.63, 3.8) is 0 Å². The summed E-state index contributed by atoms with van der Waals surface area (Å²) in [4.78, 5) is 55.5. The van der Waals surface area contributed by atoms with E-state index >= 15 is 0 Å². The number of nitrogens with one attached hydrogen (secondary N) is 3. The molecule has 0 saturated carbocycles. The van der Waals surface area contributed by atoms with Crippen molar-refractivity contribution in [2.24, 2.45) is 0 Å². The Bertz CT molecular complexity index is 1130. The van der Waals surface area contributed by atoms with Gasteiger partial charge in [0.1, 0.15) is 6.04 Å². The molecule has 10 nitrogen and oxygen atoms in total. The van der Waals surface area contributed by atoms with Crippen LogP contribution in [0.1, 0.15) is 13.3 Å². The Labute approximate surface area is 220 Å². The van der Waals surface area contributed by atoms with E-state index in [2.05, 4.69) is 25.8 Å². The summed E-state index contributed by atoms with van der Waals surface area (Å²) < 4.78 is 0. The Morgan fingerprint density at radius 1 is 0.919 bits per heavy atom. The molecule has 2 aliphatic heterocycles. The summed E-state index contributed by atoms with van der Waals surface area (Å²) in [6, 6.07) is 13.5. The van der Waals surface area contributed by atoms with Crippen LogP contribution in [0.4, 0.5) is 17.1 Å². The van der Waals surface area contributed by atoms with E-state index in [1.54, 1.807) is 24.3 Å². The number of piperazine rings is 2. The topological polar surface area (TPSA) is 114 Å². The standard InChI is InChI=1S/C26H31ClN6O4/c1-18(34)29-20-4-6-21(7-5-20)30-24(35)16-23-26(37)28-10-11-33(23)25(36)17-31-12-14-32(15-13-31)22-8-2-19(27)3-9-22/h2-9,23H,10-17H2,1H3,(H,28,37)(H,29,34)(H,30,35)/t23-/m1/s1. The quantitative estimate of drug-likeness (QED) is 0.507. The van der Waals surface area contributed by atoms with Crippen molar-refractivity contribution in [2.45, 2.75) is 19.4 Å². The predicted molar refractivity (Wildman–Crippen MR) is 143 cm³/mol. The van der Waals surface area contributed by atoms with E-state index < -0.39 is 6.04 Å². The summed E-state index contributed by atoms with van der Waals surface area (Å²) in [5.74, 6) is -1.05. The fraction of sp³-hybridized carbons (Fsp3) is 0.385. The monoisotopic (exact) mass is 526 g/mol. The van der Waals surface area contributed by atoms with Crippen LogP contribution in [0, 0.1) is 0 Å². The van der Waals surface area contributed by atoms with E-state index in [0.29, 0.717) is 42.6 Å². The second-order valence-electron chi connectivity index (χ2n) is 9.14. The van der Waals surface area contributed by atoms with Gasteiger partial charge in [-0.15, -0.1) is 0 Å². The molecule has 0 spiro atoms. The van der Waals surface area contributed by atoms with E-state index in [0.717, 1.165) is 18.8 Å². The van der Waals surface area contributed by atoms with Gasteiger partial charge in [0.2, 0.25) is 23.6 Å². The zero-order chi connectivity index (χ0) is 26.4. The normalized spacial score (nSPS) is 18.2. The number of amides is 4. The first-order valence-electron chi connectivity index (χ1n) is 12.3. The molecule has 0 aliphatic carbocycles. The van der Waals surface area contributed by atoms with Gasteiger partial charge in [-0.25, -0.2) is 0 Å². The maximum atomic E-state index is 13.2. The Morgan fingerprint density at radius 3 is 2.16 bits per heavy atom. The van der Waals surface area contributed by atoms with Crippen molar-refractivity contribution in [3.05, 3.63) is 53.6 Å². The molecule has 2 aromatic carbocycles. The lowest BCUT2D eigenvalue weighted by atomic mass is 10.1. The molecular formula is C26H31ClN6O4. The molecule has 0 bridgehead atoms. The lowest BCUT2D eigenvalue weighted by Crippen LogP contribution is -2.60. The minimum absolute atomic E-state index is 0.143. The largest absolute Gasteiger partial charge is 0.369 e. The van der Waals surface area contributed by atoms with Gasteiger partial charge >= 0.3 is 0 Å². The number of hydrogen-bond acceptors (Lipinski definition) is 6. The number of rotatable bonds is 7. The molecule has 4 rings (SSSR count). The molecule has 11 heteroatoms. The van der Waals surface area contributed by atoms with Gasteiger partial charge in [0.05, 0.1) is 13.0 Å². The summed E-state index contributed by atoms with van der Waals surface area (Å²) in [6.45, 7) is 5.33. The maximum absolute atomic E-state index is 13.2. The first-order valence-corrected chi connectivity index (χ1v) is 12.6. The van der Waals surface area contributed by atoms with Crippen molar-refractivity contribution < 1.29 is 19.2 Å². The maximum Gasteiger partial charge on any atom is 0.243 e. The van der Waals surface area contributed by atoms with Crippen LogP contribution < -0.4 is 20.9 Å². The zero-order valence-electron chi connectivity index (χ0n) is 20.7. The summed E-state index contributed by atoms with van der Waals surface area (Å²) in [5.41, 5.74) is 2.24. The Kier molecular flexibility index (Phi) is 8.62.